The summed E-state index contributed by atoms with van der Waals surface area (Å²) in [6, 6.07) is 8.17. The lowest BCUT2D eigenvalue weighted by Crippen LogP contribution is -2.43. The molecule has 0 unspecified atom stereocenters. The molecule has 0 saturated heterocycles. The van der Waals surface area contributed by atoms with Crippen molar-refractivity contribution in [3.05, 3.63) is 35.4 Å². The molecule has 2 rings (SSSR count). The highest BCUT2D eigenvalue weighted by Gasteiger charge is 2.37. The number of nitrogens with zero attached hydrogens (tertiary/aromatic N) is 1. The summed E-state index contributed by atoms with van der Waals surface area (Å²) in [5.41, 5.74) is 7.96. The number of hydrogen-bond donors (Lipinski definition) is 1. The molecule has 1 amide bonds. The van der Waals surface area contributed by atoms with E-state index in [1.165, 1.54) is 24.8 Å². The van der Waals surface area contributed by atoms with Gasteiger partial charge in [-0.3, -0.25) is 4.79 Å². The number of benzene rings is 1. The van der Waals surface area contributed by atoms with Gasteiger partial charge in [-0.1, -0.05) is 50.5 Å². The quantitative estimate of drug-likeness (QED) is 0.902. The highest BCUT2D eigenvalue weighted by Crippen LogP contribution is 2.37. The van der Waals surface area contributed by atoms with Crippen molar-refractivity contribution in [2.75, 3.05) is 6.54 Å². The third kappa shape index (κ3) is 3.65. The van der Waals surface area contributed by atoms with E-state index in [2.05, 4.69) is 26.0 Å². The molecule has 0 heterocycles. The van der Waals surface area contributed by atoms with Gasteiger partial charge in [-0.2, -0.15) is 0 Å². The Morgan fingerprint density at radius 1 is 1.19 bits per heavy atom. The Hall–Kier alpha value is -1.35. The van der Waals surface area contributed by atoms with Crippen molar-refractivity contribution >= 4 is 5.91 Å². The lowest BCUT2D eigenvalue weighted by molar-refractivity contribution is -0.143. The Labute approximate surface area is 128 Å². The van der Waals surface area contributed by atoms with Gasteiger partial charge >= 0.3 is 0 Å². The molecule has 0 aromatic heterocycles. The fourth-order valence-electron chi connectivity index (χ4n) is 3.37. The summed E-state index contributed by atoms with van der Waals surface area (Å²) in [6.45, 7) is 6.17. The molecule has 1 saturated carbocycles. The van der Waals surface area contributed by atoms with Crippen LogP contribution in [0.4, 0.5) is 0 Å². The highest BCUT2D eigenvalue weighted by molar-refractivity contribution is 5.82. The fourth-order valence-corrected chi connectivity index (χ4v) is 3.37. The largest absolute Gasteiger partial charge is 0.338 e. The van der Waals surface area contributed by atoms with Gasteiger partial charge in [0.25, 0.3) is 0 Å². The second-order valence-electron chi connectivity index (χ2n) is 6.41. The van der Waals surface area contributed by atoms with E-state index < -0.39 is 0 Å². The number of nitrogens with two attached hydrogens (primary N) is 1. The van der Waals surface area contributed by atoms with Gasteiger partial charge in [0.2, 0.25) is 5.91 Å². The van der Waals surface area contributed by atoms with Crippen LogP contribution in [0.1, 0.15) is 57.1 Å². The number of carbonyl (C=O) groups excluding carboxylic acids is 1. The zero-order valence-corrected chi connectivity index (χ0v) is 13.4. The van der Waals surface area contributed by atoms with E-state index in [-0.39, 0.29) is 5.41 Å². The maximum absolute atomic E-state index is 12.9. The average Bonchev–Trinajstić information content (AvgIpc) is 2.53. The third-order valence-electron chi connectivity index (χ3n) is 4.84. The number of amides is 1. The van der Waals surface area contributed by atoms with Gasteiger partial charge in [-0.05, 0) is 30.9 Å². The fraction of sp³-hybridized carbons (Fsp3) is 0.611. The highest BCUT2D eigenvalue weighted by atomic mass is 16.2. The van der Waals surface area contributed by atoms with Crippen molar-refractivity contribution in [2.45, 2.75) is 59.0 Å². The molecule has 21 heavy (non-hydrogen) atoms. The van der Waals surface area contributed by atoms with E-state index >= 15 is 0 Å². The topological polar surface area (TPSA) is 46.3 Å². The first-order valence-electron chi connectivity index (χ1n) is 8.17. The van der Waals surface area contributed by atoms with Crippen LogP contribution < -0.4 is 5.73 Å². The average molecular weight is 288 g/mol. The Morgan fingerprint density at radius 2 is 1.81 bits per heavy atom. The predicted octanol–water partition coefficient (Wildman–Crippen LogP) is 3.46. The van der Waals surface area contributed by atoms with E-state index in [0.29, 0.717) is 19.0 Å². The molecule has 0 aliphatic heterocycles. The van der Waals surface area contributed by atoms with Crippen LogP contribution in [0.2, 0.25) is 0 Å². The molecular formula is C18H28N2O. The van der Waals surface area contributed by atoms with Gasteiger partial charge in [0.15, 0.2) is 0 Å². The van der Waals surface area contributed by atoms with Crippen molar-refractivity contribution in [3.63, 3.8) is 0 Å². The predicted molar refractivity (Wildman–Crippen MR) is 86.6 cm³/mol. The maximum atomic E-state index is 12.9. The summed E-state index contributed by atoms with van der Waals surface area (Å²) < 4.78 is 0. The minimum absolute atomic E-state index is 0.161. The van der Waals surface area contributed by atoms with Crippen molar-refractivity contribution in [3.8, 4) is 0 Å². The molecule has 116 valence electrons. The van der Waals surface area contributed by atoms with Crippen LogP contribution in [0.5, 0.6) is 0 Å². The monoisotopic (exact) mass is 288 g/mol. The van der Waals surface area contributed by atoms with Gasteiger partial charge in [-0.25, -0.2) is 0 Å². The van der Waals surface area contributed by atoms with Gasteiger partial charge < -0.3 is 10.6 Å². The van der Waals surface area contributed by atoms with E-state index in [0.717, 1.165) is 24.9 Å². The van der Waals surface area contributed by atoms with Crippen LogP contribution in [-0.4, -0.2) is 17.4 Å². The normalized spacial score (nSPS) is 17.5. The molecule has 3 nitrogen and oxygen atoms in total. The van der Waals surface area contributed by atoms with Crippen molar-refractivity contribution in [1.29, 1.82) is 0 Å². The van der Waals surface area contributed by atoms with Crippen molar-refractivity contribution in [2.24, 2.45) is 11.1 Å². The molecule has 1 aliphatic rings. The Kier molecular flexibility index (Phi) is 5.40. The molecule has 3 heteroatoms. The molecule has 0 radical (unpaired) electrons. The number of rotatable bonds is 5. The zero-order chi connectivity index (χ0) is 15.3. The summed E-state index contributed by atoms with van der Waals surface area (Å²) in [5, 5.41) is 0. The smallest absolute Gasteiger partial charge is 0.228 e. The van der Waals surface area contributed by atoms with Crippen LogP contribution >= 0.6 is 0 Å². The molecule has 1 aromatic rings. The molecule has 1 fully saturated rings. The summed E-state index contributed by atoms with van der Waals surface area (Å²) >= 11 is 0. The standard InChI is InChI=1S/C18H28N2O/c1-3-20(14-16-10-6-5-9-15(16)13-19)17(21)18(2)11-7-4-8-12-18/h5-6,9-10H,3-4,7-8,11-14,19H2,1-2H3. The lowest BCUT2D eigenvalue weighted by Gasteiger charge is -2.37. The van der Waals surface area contributed by atoms with Crippen LogP contribution in [0.25, 0.3) is 0 Å². The van der Waals surface area contributed by atoms with Crippen LogP contribution in [0, 0.1) is 5.41 Å². The summed E-state index contributed by atoms with van der Waals surface area (Å²) in [5.74, 6) is 0.316. The Morgan fingerprint density at radius 3 is 2.38 bits per heavy atom. The van der Waals surface area contributed by atoms with E-state index in [9.17, 15) is 4.79 Å². The van der Waals surface area contributed by atoms with E-state index in [4.69, 9.17) is 5.73 Å². The first kappa shape index (κ1) is 16.0. The molecule has 1 aromatic carbocycles. The van der Waals surface area contributed by atoms with Crippen LogP contribution in [-0.2, 0) is 17.9 Å². The van der Waals surface area contributed by atoms with Crippen LogP contribution in [0.3, 0.4) is 0 Å². The molecular weight excluding hydrogens is 260 g/mol. The molecule has 0 bridgehead atoms. The Bertz CT molecular complexity index is 478. The second kappa shape index (κ2) is 7.08. The first-order valence-corrected chi connectivity index (χ1v) is 8.17. The summed E-state index contributed by atoms with van der Waals surface area (Å²) in [4.78, 5) is 14.9. The number of carbonyl (C=O) groups is 1. The third-order valence-corrected chi connectivity index (χ3v) is 4.84. The second-order valence-corrected chi connectivity index (χ2v) is 6.41. The van der Waals surface area contributed by atoms with E-state index in [1.54, 1.807) is 0 Å². The maximum Gasteiger partial charge on any atom is 0.228 e. The minimum atomic E-state index is -0.161. The lowest BCUT2D eigenvalue weighted by atomic mass is 9.74. The van der Waals surface area contributed by atoms with Gasteiger partial charge in [-0.15, -0.1) is 0 Å². The Balaban J connectivity index is 2.13. The first-order chi connectivity index (χ1) is 10.1. The van der Waals surface area contributed by atoms with Gasteiger partial charge in [0, 0.05) is 25.0 Å². The molecule has 1 aliphatic carbocycles. The van der Waals surface area contributed by atoms with Crippen molar-refractivity contribution < 1.29 is 4.79 Å². The van der Waals surface area contributed by atoms with Gasteiger partial charge in [0.05, 0.1) is 0 Å². The molecule has 2 N–H and O–H groups in total. The summed E-state index contributed by atoms with van der Waals surface area (Å²) in [7, 11) is 0. The molecule has 0 spiro atoms. The molecule has 0 atom stereocenters. The minimum Gasteiger partial charge on any atom is -0.338 e. The number of hydrogen-bond acceptors (Lipinski definition) is 2. The van der Waals surface area contributed by atoms with Crippen molar-refractivity contribution in [1.82, 2.24) is 4.90 Å². The van der Waals surface area contributed by atoms with E-state index in [1.807, 2.05) is 17.0 Å². The van der Waals surface area contributed by atoms with Gasteiger partial charge in [0.1, 0.15) is 0 Å². The summed E-state index contributed by atoms with van der Waals surface area (Å²) in [6.07, 6.45) is 5.69. The SMILES string of the molecule is CCN(Cc1ccccc1CN)C(=O)C1(C)CCCCC1. The van der Waals surface area contributed by atoms with Crippen LogP contribution in [0.15, 0.2) is 24.3 Å². The zero-order valence-electron chi connectivity index (χ0n) is 13.4.